The van der Waals surface area contributed by atoms with Gasteiger partial charge in [0.1, 0.15) is 0 Å². The molecule has 0 aliphatic carbocycles. The highest BCUT2D eigenvalue weighted by molar-refractivity contribution is 9.10. The summed E-state index contributed by atoms with van der Waals surface area (Å²) >= 11 is 3.47. The highest BCUT2D eigenvalue weighted by Crippen LogP contribution is 2.22. The molecule has 1 aromatic rings. The van der Waals surface area contributed by atoms with Crippen molar-refractivity contribution in [3.63, 3.8) is 0 Å². The fraction of sp³-hybridized carbons (Fsp3) is 0.538. The van der Waals surface area contributed by atoms with Crippen molar-refractivity contribution in [2.45, 2.75) is 25.8 Å². The lowest BCUT2D eigenvalue weighted by Gasteiger charge is -2.19. The minimum absolute atomic E-state index is 0.670. The molecule has 88 valence electrons. The van der Waals surface area contributed by atoms with Crippen molar-refractivity contribution in [3.8, 4) is 0 Å². The van der Waals surface area contributed by atoms with Crippen LogP contribution in [0.25, 0.3) is 0 Å². The van der Waals surface area contributed by atoms with E-state index in [4.69, 9.17) is 0 Å². The molecular formula is C13H19BrN2. The van der Waals surface area contributed by atoms with E-state index in [0.717, 1.165) is 17.6 Å². The summed E-state index contributed by atoms with van der Waals surface area (Å²) in [4.78, 5) is 2.46. The first-order valence-electron chi connectivity index (χ1n) is 6.03. The smallest absolute Gasteiger partial charge is 0.0367 e. The molecular weight excluding hydrogens is 264 g/mol. The Morgan fingerprint density at radius 1 is 1.38 bits per heavy atom. The van der Waals surface area contributed by atoms with Gasteiger partial charge in [0, 0.05) is 29.3 Å². The van der Waals surface area contributed by atoms with Crippen LogP contribution in [0.4, 0.5) is 5.69 Å². The fourth-order valence-corrected chi connectivity index (χ4v) is 2.43. The summed E-state index contributed by atoms with van der Waals surface area (Å²) in [5, 5.41) is 3.59. The molecule has 0 saturated carbocycles. The molecule has 1 N–H and O–H groups in total. The van der Waals surface area contributed by atoms with Crippen LogP contribution >= 0.6 is 15.9 Å². The average Bonchev–Trinajstić information content (AvgIpc) is 2.76. The molecule has 2 nitrogen and oxygen atoms in total. The van der Waals surface area contributed by atoms with E-state index in [0.29, 0.717) is 6.04 Å². The Hall–Kier alpha value is -0.540. The number of nitrogens with zero attached hydrogens (tertiary/aromatic N) is 1. The summed E-state index contributed by atoms with van der Waals surface area (Å²) in [6, 6.07) is 9.27. The predicted octanol–water partition coefficient (Wildman–Crippen LogP) is 3.03. The molecule has 16 heavy (non-hydrogen) atoms. The minimum atomic E-state index is 0.670. The molecule has 0 amide bonds. The average molecular weight is 283 g/mol. The number of anilines is 1. The van der Waals surface area contributed by atoms with E-state index < -0.39 is 0 Å². The molecule has 0 spiro atoms. The lowest BCUT2D eigenvalue weighted by Crippen LogP contribution is -2.32. The number of hydrogen-bond acceptors (Lipinski definition) is 2. The monoisotopic (exact) mass is 282 g/mol. The van der Waals surface area contributed by atoms with Gasteiger partial charge in [0.05, 0.1) is 0 Å². The SMILES string of the molecule is CCCNC1CCN(c2ccc(Br)cc2)C1. The van der Waals surface area contributed by atoms with Gasteiger partial charge in [-0.25, -0.2) is 0 Å². The molecule has 1 atom stereocenters. The van der Waals surface area contributed by atoms with Crippen LogP contribution in [0.5, 0.6) is 0 Å². The first kappa shape index (κ1) is 11.9. The topological polar surface area (TPSA) is 15.3 Å². The third kappa shape index (κ3) is 2.98. The maximum absolute atomic E-state index is 3.59. The third-order valence-corrected chi connectivity index (χ3v) is 3.59. The molecule has 3 heteroatoms. The number of benzene rings is 1. The molecule has 1 saturated heterocycles. The predicted molar refractivity (Wildman–Crippen MR) is 73.1 cm³/mol. The van der Waals surface area contributed by atoms with E-state index in [1.807, 2.05) is 0 Å². The molecule has 1 aromatic carbocycles. The maximum Gasteiger partial charge on any atom is 0.0367 e. The number of nitrogens with one attached hydrogen (secondary N) is 1. The summed E-state index contributed by atoms with van der Waals surface area (Å²) in [5.74, 6) is 0. The van der Waals surface area contributed by atoms with Crippen molar-refractivity contribution in [2.24, 2.45) is 0 Å². The quantitative estimate of drug-likeness (QED) is 0.913. The van der Waals surface area contributed by atoms with Crippen molar-refractivity contribution < 1.29 is 0 Å². The zero-order valence-electron chi connectivity index (χ0n) is 9.75. The van der Waals surface area contributed by atoms with Crippen LogP contribution < -0.4 is 10.2 Å². The van der Waals surface area contributed by atoms with Crippen molar-refractivity contribution in [2.75, 3.05) is 24.5 Å². The second kappa shape index (κ2) is 5.69. The van der Waals surface area contributed by atoms with Crippen molar-refractivity contribution in [3.05, 3.63) is 28.7 Å². The maximum atomic E-state index is 3.59. The van der Waals surface area contributed by atoms with Crippen LogP contribution in [0.2, 0.25) is 0 Å². The summed E-state index contributed by atoms with van der Waals surface area (Å²) < 4.78 is 1.15. The van der Waals surface area contributed by atoms with Gasteiger partial charge >= 0.3 is 0 Å². The summed E-state index contributed by atoms with van der Waals surface area (Å²) in [5.41, 5.74) is 1.34. The van der Waals surface area contributed by atoms with Gasteiger partial charge in [-0.2, -0.15) is 0 Å². The zero-order valence-corrected chi connectivity index (χ0v) is 11.3. The molecule has 0 radical (unpaired) electrons. The fourth-order valence-electron chi connectivity index (χ4n) is 2.16. The molecule has 2 rings (SSSR count). The molecule has 0 aromatic heterocycles. The third-order valence-electron chi connectivity index (χ3n) is 3.06. The molecule has 1 aliphatic heterocycles. The Morgan fingerprint density at radius 2 is 2.12 bits per heavy atom. The summed E-state index contributed by atoms with van der Waals surface area (Å²) in [6.45, 7) is 5.66. The van der Waals surface area contributed by atoms with E-state index in [1.165, 1.54) is 25.1 Å². The second-order valence-electron chi connectivity index (χ2n) is 4.36. The van der Waals surface area contributed by atoms with E-state index in [1.54, 1.807) is 0 Å². The normalized spacial score (nSPS) is 20.4. The number of rotatable bonds is 4. The van der Waals surface area contributed by atoms with E-state index in [-0.39, 0.29) is 0 Å². The standard InChI is InChI=1S/C13H19BrN2/c1-2-8-15-12-7-9-16(10-12)13-5-3-11(14)4-6-13/h3-6,12,15H,2,7-10H2,1H3. The van der Waals surface area contributed by atoms with Crippen molar-refractivity contribution >= 4 is 21.6 Å². The zero-order chi connectivity index (χ0) is 11.4. The van der Waals surface area contributed by atoms with Crippen LogP contribution in [0.3, 0.4) is 0 Å². The van der Waals surface area contributed by atoms with Gasteiger partial charge in [-0.05, 0) is 43.7 Å². The van der Waals surface area contributed by atoms with Crippen LogP contribution in [0.15, 0.2) is 28.7 Å². The van der Waals surface area contributed by atoms with Crippen molar-refractivity contribution in [1.82, 2.24) is 5.32 Å². The van der Waals surface area contributed by atoms with Crippen molar-refractivity contribution in [1.29, 1.82) is 0 Å². The van der Waals surface area contributed by atoms with Crippen LogP contribution in [0.1, 0.15) is 19.8 Å². The Morgan fingerprint density at radius 3 is 2.81 bits per heavy atom. The van der Waals surface area contributed by atoms with Crippen LogP contribution in [0, 0.1) is 0 Å². The van der Waals surface area contributed by atoms with E-state index in [9.17, 15) is 0 Å². The largest absolute Gasteiger partial charge is 0.370 e. The summed E-state index contributed by atoms with van der Waals surface area (Å²) in [6.07, 6.45) is 2.48. The molecule has 1 fully saturated rings. The minimum Gasteiger partial charge on any atom is -0.370 e. The summed E-state index contributed by atoms with van der Waals surface area (Å²) in [7, 11) is 0. The Labute approximate surface area is 106 Å². The van der Waals surface area contributed by atoms with Gasteiger partial charge in [0.25, 0.3) is 0 Å². The van der Waals surface area contributed by atoms with Crippen LogP contribution in [-0.4, -0.2) is 25.7 Å². The first-order chi connectivity index (χ1) is 7.79. The highest BCUT2D eigenvalue weighted by Gasteiger charge is 2.21. The van der Waals surface area contributed by atoms with Gasteiger partial charge in [-0.3, -0.25) is 0 Å². The Balaban J connectivity index is 1.90. The molecule has 0 bridgehead atoms. The van der Waals surface area contributed by atoms with Gasteiger partial charge in [-0.15, -0.1) is 0 Å². The lowest BCUT2D eigenvalue weighted by molar-refractivity contribution is 0.549. The Bertz CT molecular complexity index is 323. The van der Waals surface area contributed by atoms with E-state index in [2.05, 4.69) is 57.3 Å². The number of hydrogen-bond donors (Lipinski definition) is 1. The number of halogens is 1. The first-order valence-corrected chi connectivity index (χ1v) is 6.83. The molecule has 1 heterocycles. The lowest BCUT2D eigenvalue weighted by atomic mass is 10.2. The van der Waals surface area contributed by atoms with E-state index >= 15 is 0 Å². The molecule has 1 aliphatic rings. The van der Waals surface area contributed by atoms with Gasteiger partial charge < -0.3 is 10.2 Å². The second-order valence-corrected chi connectivity index (χ2v) is 5.28. The Kier molecular flexibility index (Phi) is 4.24. The van der Waals surface area contributed by atoms with Gasteiger partial charge in [0.2, 0.25) is 0 Å². The van der Waals surface area contributed by atoms with Gasteiger partial charge in [0.15, 0.2) is 0 Å². The highest BCUT2D eigenvalue weighted by atomic mass is 79.9. The molecule has 1 unspecified atom stereocenters. The van der Waals surface area contributed by atoms with Gasteiger partial charge in [-0.1, -0.05) is 22.9 Å². The van der Waals surface area contributed by atoms with Crippen LogP contribution in [-0.2, 0) is 0 Å².